The molecule has 20 heteroatoms. The number of anilines is 2. The van der Waals surface area contributed by atoms with E-state index in [9.17, 15) is 63.0 Å². The van der Waals surface area contributed by atoms with E-state index < -0.39 is 61.3 Å². The van der Waals surface area contributed by atoms with Gasteiger partial charge in [-0.1, -0.05) is 62.4 Å². The number of halogens is 6. The number of nitrogens with two attached hydrogens (primary N) is 1. The van der Waals surface area contributed by atoms with E-state index >= 15 is 0 Å². The average molecular weight is 1120 g/mol. The second-order valence-electron chi connectivity index (χ2n) is 19.7. The molecule has 0 spiro atoms. The van der Waals surface area contributed by atoms with Crippen LogP contribution < -0.4 is 20.9 Å². The molecule has 0 saturated carbocycles. The number of sulfone groups is 2. The molecule has 0 aromatic heterocycles. The van der Waals surface area contributed by atoms with Crippen molar-refractivity contribution in [3.8, 4) is 0 Å². The smallest absolute Gasteiger partial charge is 0.391 e. The van der Waals surface area contributed by atoms with Crippen LogP contribution in [0.25, 0.3) is 0 Å². The first-order valence-corrected chi connectivity index (χ1v) is 28.7. The summed E-state index contributed by atoms with van der Waals surface area (Å²) < 4.78 is 126. The molecule has 2 heterocycles. The van der Waals surface area contributed by atoms with Gasteiger partial charge in [0.25, 0.3) is 5.91 Å². The number of carbonyl (C=O) groups excluding carboxylic acids is 2. The van der Waals surface area contributed by atoms with E-state index in [0.29, 0.717) is 49.0 Å². The number of nitrogens with zero attached hydrogens (tertiary/aromatic N) is 2. The van der Waals surface area contributed by atoms with Gasteiger partial charge in [0.2, 0.25) is 5.91 Å². The fourth-order valence-corrected chi connectivity index (χ4v) is 11.8. The summed E-state index contributed by atoms with van der Waals surface area (Å²) in [5, 5.41) is 23.8. The number of primary amides is 1. The number of benzene rings is 6. The zero-order valence-corrected chi connectivity index (χ0v) is 44.9. The Kier molecular flexibility index (Phi) is 18.2. The van der Waals surface area contributed by atoms with Gasteiger partial charge in [0.05, 0.1) is 56.7 Å². The number of carbonyl (C=O) groups is 2. The fourth-order valence-electron chi connectivity index (χ4n) is 10.0. The van der Waals surface area contributed by atoms with E-state index in [1.165, 1.54) is 36.4 Å². The van der Waals surface area contributed by atoms with Gasteiger partial charge in [0, 0.05) is 54.0 Å². The van der Waals surface area contributed by atoms with Crippen LogP contribution in [-0.2, 0) is 45.0 Å². The summed E-state index contributed by atoms with van der Waals surface area (Å²) in [6, 6.07) is 34.9. The predicted octanol–water partition coefficient (Wildman–Crippen LogP) is 10.1. The standard InChI is InChI=1S/2C29H31F3N2O4S/c1-3-39(37,38)26-14-4-20(5-15-26)17-33-28(36)22-8-12-25(13-9-22)34-18-23(16-27(34)19(2)35)21-6-10-24(11-7-21)29(30,31)32;1-3-39(37,38)25-11-4-19(5-12-25)14-21-15-24(10-13-26(21)28(33)36)34-17-22(16-27(34)18(2)35)20-6-8-23(9-7-20)29(30,31)32/h4-15,19,23,27,35H,3,16-18H2,1-2H3,(H,33,36);4-13,15,18,22,27,35H,3,14,16-17H2,1-2H3,(H2,33,36)/t19-,23?,27+;18-,22?,27-/m10/s1. The van der Waals surface area contributed by atoms with Crippen molar-refractivity contribution in [1.82, 2.24) is 5.32 Å². The van der Waals surface area contributed by atoms with Gasteiger partial charge in [0.15, 0.2) is 19.7 Å². The lowest BCUT2D eigenvalue weighted by Gasteiger charge is -2.29. The van der Waals surface area contributed by atoms with Crippen LogP contribution in [0.3, 0.4) is 0 Å². The molecule has 2 amide bonds. The second-order valence-corrected chi connectivity index (χ2v) is 24.3. The van der Waals surface area contributed by atoms with Gasteiger partial charge in [0.1, 0.15) is 0 Å². The Balaban J connectivity index is 0.000000226. The Bertz CT molecular complexity index is 3270. The highest BCUT2D eigenvalue weighted by Gasteiger charge is 2.39. The average Bonchev–Trinajstić information content (AvgIpc) is 4.12. The minimum absolute atomic E-state index is 0.00599. The summed E-state index contributed by atoms with van der Waals surface area (Å²) in [6.07, 6.45) is -8.71. The number of rotatable bonds is 16. The summed E-state index contributed by atoms with van der Waals surface area (Å²) in [5.41, 5.74) is 10.3. The fraction of sp³-hybridized carbons (Fsp3) is 0.345. The number of amides is 2. The molecule has 2 unspecified atom stereocenters. The van der Waals surface area contributed by atoms with E-state index in [0.717, 1.165) is 57.9 Å². The van der Waals surface area contributed by atoms with E-state index in [-0.39, 0.29) is 57.7 Å². The first-order chi connectivity index (χ1) is 36.7. The van der Waals surface area contributed by atoms with Gasteiger partial charge >= 0.3 is 12.4 Å². The summed E-state index contributed by atoms with van der Waals surface area (Å²) >= 11 is 0. The predicted molar refractivity (Wildman–Crippen MR) is 287 cm³/mol. The molecule has 6 aromatic carbocycles. The first kappa shape index (κ1) is 58.9. The van der Waals surface area contributed by atoms with E-state index in [1.807, 2.05) is 15.9 Å². The van der Waals surface area contributed by atoms with Crippen molar-refractivity contribution in [2.45, 2.75) is 112 Å². The molecule has 5 N–H and O–H groups in total. The van der Waals surface area contributed by atoms with Crippen molar-refractivity contribution in [3.05, 3.63) is 190 Å². The number of nitrogens with one attached hydrogen (secondary N) is 1. The Hall–Kier alpha value is -6.74. The van der Waals surface area contributed by atoms with Crippen LogP contribution >= 0.6 is 0 Å². The lowest BCUT2D eigenvalue weighted by molar-refractivity contribution is -0.138. The normalized spacial score (nSPS) is 18.7. The van der Waals surface area contributed by atoms with Gasteiger partial charge < -0.3 is 31.1 Å². The first-order valence-electron chi connectivity index (χ1n) is 25.4. The van der Waals surface area contributed by atoms with Gasteiger partial charge in [-0.05, 0) is 152 Å². The number of aliphatic hydroxyl groups excluding tert-OH is 2. The van der Waals surface area contributed by atoms with Crippen molar-refractivity contribution < 1.29 is 63.0 Å². The van der Waals surface area contributed by atoms with Crippen LogP contribution in [0.2, 0.25) is 0 Å². The maximum Gasteiger partial charge on any atom is 0.416 e. The van der Waals surface area contributed by atoms with Crippen molar-refractivity contribution >= 4 is 42.9 Å². The maximum atomic E-state index is 13.0. The summed E-state index contributed by atoms with van der Waals surface area (Å²) in [6.45, 7) is 7.76. The minimum atomic E-state index is -4.41. The molecule has 2 fully saturated rings. The van der Waals surface area contributed by atoms with Crippen molar-refractivity contribution in [3.63, 3.8) is 0 Å². The lowest BCUT2D eigenvalue weighted by atomic mass is 9.94. The van der Waals surface area contributed by atoms with Crippen LogP contribution in [0.15, 0.2) is 149 Å². The van der Waals surface area contributed by atoms with E-state index in [1.54, 1.807) is 100 Å². The molecule has 8 rings (SSSR count). The topological polar surface area (TPSA) is 187 Å². The maximum absolute atomic E-state index is 13.0. The monoisotopic (exact) mass is 1120 g/mol. The van der Waals surface area contributed by atoms with Gasteiger partial charge in [-0.15, -0.1) is 0 Å². The largest absolute Gasteiger partial charge is 0.416 e. The van der Waals surface area contributed by atoms with Crippen molar-refractivity contribution in [1.29, 1.82) is 0 Å². The molecule has 416 valence electrons. The Morgan fingerprint density at radius 1 is 0.603 bits per heavy atom. The molecule has 6 atom stereocenters. The van der Waals surface area contributed by atoms with Gasteiger partial charge in [-0.25, -0.2) is 16.8 Å². The zero-order chi connectivity index (χ0) is 56.9. The van der Waals surface area contributed by atoms with Crippen LogP contribution in [0.5, 0.6) is 0 Å². The molecule has 0 aliphatic carbocycles. The van der Waals surface area contributed by atoms with Crippen LogP contribution in [0.1, 0.15) is 112 Å². The van der Waals surface area contributed by atoms with Gasteiger partial charge in [-0.2, -0.15) is 26.3 Å². The zero-order valence-electron chi connectivity index (χ0n) is 43.3. The highest BCUT2D eigenvalue weighted by molar-refractivity contribution is 7.91. The molecule has 78 heavy (non-hydrogen) atoms. The van der Waals surface area contributed by atoms with Crippen LogP contribution in [0, 0.1) is 0 Å². The minimum Gasteiger partial charge on any atom is -0.391 e. The molecule has 2 saturated heterocycles. The van der Waals surface area contributed by atoms with Gasteiger partial charge in [-0.3, -0.25) is 9.59 Å². The third-order valence-electron chi connectivity index (χ3n) is 14.5. The highest BCUT2D eigenvalue weighted by atomic mass is 32.2. The summed E-state index contributed by atoms with van der Waals surface area (Å²) in [7, 11) is -6.62. The molecule has 2 aliphatic rings. The van der Waals surface area contributed by atoms with E-state index in [4.69, 9.17) is 5.73 Å². The summed E-state index contributed by atoms with van der Waals surface area (Å²) in [5.74, 6) is -1.02. The quantitative estimate of drug-likeness (QED) is 0.0680. The number of aliphatic hydroxyl groups is 2. The third-order valence-corrected chi connectivity index (χ3v) is 18.0. The highest BCUT2D eigenvalue weighted by Crippen LogP contribution is 2.40. The lowest BCUT2D eigenvalue weighted by Crippen LogP contribution is -2.37. The SMILES string of the molecule is CCS(=O)(=O)c1ccc(CNC(=O)c2ccc(N3CC(c4ccc(C(F)(F)F)cc4)C[C@H]3[C@@H](C)O)cc2)cc1.CCS(=O)(=O)c1ccc(Cc2cc(N3CC(c4ccc(C(F)(F)F)cc4)C[C@H]3[C@H](C)O)ccc2C(N)=O)cc1. The molecule has 0 bridgehead atoms. The molecule has 0 radical (unpaired) electrons. The molecule has 2 aliphatic heterocycles. The molecular weight excluding hydrogens is 1060 g/mol. The van der Waals surface area contributed by atoms with Crippen LogP contribution in [0.4, 0.5) is 37.7 Å². The molecule has 6 aromatic rings. The molecular formula is C58H62F6N4O8S2. The third kappa shape index (κ3) is 14.1. The Morgan fingerprint density at radius 2 is 1.01 bits per heavy atom. The second kappa shape index (κ2) is 24.1. The summed E-state index contributed by atoms with van der Waals surface area (Å²) in [4.78, 5) is 29.4. The number of alkyl halides is 6. The van der Waals surface area contributed by atoms with E-state index in [2.05, 4.69) is 5.32 Å². The van der Waals surface area contributed by atoms with Crippen molar-refractivity contribution in [2.24, 2.45) is 5.73 Å². The van der Waals surface area contributed by atoms with Crippen molar-refractivity contribution in [2.75, 3.05) is 34.4 Å². The van der Waals surface area contributed by atoms with Crippen LogP contribution in [-0.4, -0.2) is 87.7 Å². The molecule has 12 nitrogen and oxygen atoms in total. The number of hydrogen-bond acceptors (Lipinski definition) is 10. The Morgan fingerprint density at radius 3 is 1.41 bits per heavy atom. The Labute approximate surface area is 450 Å². The number of hydrogen-bond donors (Lipinski definition) is 4.